The molecule has 0 fully saturated rings. The Morgan fingerprint density at radius 3 is 3.31 bits per heavy atom. The number of nitrogens with zero attached hydrogens (tertiary/aromatic N) is 1. The van der Waals surface area contributed by atoms with Crippen molar-refractivity contribution in [1.82, 2.24) is 4.98 Å². The summed E-state index contributed by atoms with van der Waals surface area (Å²) in [6, 6.07) is 3.76. The fourth-order valence-electron chi connectivity index (χ4n) is 1.28. The molecule has 0 spiro atoms. The number of carbonyl (C=O) groups is 1. The predicted octanol–water partition coefficient (Wildman–Crippen LogP) is 0.161. The van der Waals surface area contributed by atoms with Crippen LogP contribution in [0.25, 0.3) is 11.8 Å². The van der Waals surface area contributed by atoms with E-state index in [1.54, 1.807) is 12.3 Å². The molecule has 0 radical (unpaired) electrons. The third-order valence-electron chi connectivity index (χ3n) is 1.93. The standard InChI is InChI=1S/C11H9NO/c13-10-6-2-1-4-9-5-3-7-12-11(9)8-10/h1,3,5,7-8H,2,6H2. The van der Waals surface area contributed by atoms with Gasteiger partial charge in [0.2, 0.25) is 0 Å². The average molecular weight is 171 g/mol. The van der Waals surface area contributed by atoms with E-state index < -0.39 is 0 Å². The minimum Gasteiger partial charge on any atom is -0.295 e. The molecule has 0 saturated carbocycles. The Labute approximate surface area is 75.9 Å². The quantitative estimate of drug-likeness (QED) is 0.556. The van der Waals surface area contributed by atoms with Gasteiger partial charge >= 0.3 is 0 Å². The average Bonchev–Trinajstić information content (AvgIpc) is 2.11. The van der Waals surface area contributed by atoms with Gasteiger partial charge in [-0.2, -0.15) is 0 Å². The maximum Gasteiger partial charge on any atom is 0.158 e. The fraction of sp³-hybridized carbons (Fsp3) is 0.182. The zero-order valence-corrected chi connectivity index (χ0v) is 7.16. The van der Waals surface area contributed by atoms with Gasteiger partial charge < -0.3 is 0 Å². The van der Waals surface area contributed by atoms with Gasteiger partial charge in [-0.15, -0.1) is 5.73 Å². The van der Waals surface area contributed by atoms with Crippen molar-refractivity contribution in [3.63, 3.8) is 0 Å². The highest BCUT2D eigenvalue weighted by Gasteiger charge is 1.97. The second-order valence-corrected chi connectivity index (χ2v) is 2.93. The Hall–Kier alpha value is -1.66. The molecule has 1 aliphatic rings. The Kier molecular flexibility index (Phi) is 2.07. The lowest BCUT2D eigenvalue weighted by Gasteiger charge is -1.93. The normalized spacial score (nSPS) is 14.9. The molecule has 1 aliphatic carbocycles. The van der Waals surface area contributed by atoms with Crippen molar-refractivity contribution in [1.29, 1.82) is 0 Å². The molecule has 1 aromatic rings. The van der Waals surface area contributed by atoms with E-state index >= 15 is 0 Å². The van der Waals surface area contributed by atoms with E-state index in [-0.39, 0.29) is 5.78 Å². The van der Waals surface area contributed by atoms with Crippen LogP contribution in [0.15, 0.2) is 24.4 Å². The Bertz CT molecular complexity index is 481. The van der Waals surface area contributed by atoms with Gasteiger partial charge in [-0.25, -0.2) is 0 Å². The highest BCUT2D eigenvalue weighted by molar-refractivity contribution is 6.05. The van der Waals surface area contributed by atoms with Crippen LogP contribution in [-0.4, -0.2) is 10.8 Å². The van der Waals surface area contributed by atoms with E-state index in [0.717, 1.165) is 17.0 Å². The van der Waals surface area contributed by atoms with Crippen LogP contribution in [0.4, 0.5) is 0 Å². The molecule has 1 aromatic heterocycles. The number of hydrogen-bond donors (Lipinski definition) is 0. The monoisotopic (exact) mass is 171 g/mol. The third kappa shape index (κ3) is 1.74. The number of aromatic nitrogens is 1. The van der Waals surface area contributed by atoms with Gasteiger partial charge in [-0.05, 0) is 24.6 Å². The summed E-state index contributed by atoms with van der Waals surface area (Å²) in [5.41, 5.74) is 3.11. The molecule has 1 heterocycles. The minimum absolute atomic E-state index is 0.137. The largest absolute Gasteiger partial charge is 0.295 e. The SMILES string of the molecule is O=C1C=c2ncccc2=C=CCC1. The van der Waals surface area contributed by atoms with E-state index in [2.05, 4.69) is 10.7 Å². The first-order valence-electron chi connectivity index (χ1n) is 4.27. The summed E-state index contributed by atoms with van der Waals surface area (Å²) in [6.45, 7) is 0. The van der Waals surface area contributed by atoms with Crippen molar-refractivity contribution in [3.05, 3.63) is 35.0 Å². The maximum atomic E-state index is 11.3. The molecule has 13 heavy (non-hydrogen) atoms. The van der Waals surface area contributed by atoms with Crippen LogP contribution in [-0.2, 0) is 4.79 Å². The summed E-state index contributed by atoms with van der Waals surface area (Å²) in [7, 11) is 0. The summed E-state index contributed by atoms with van der Waals surface area (Å²) in [4.78, 5) is 15.4. The number of pyridine rings is 1. The number of ketones is 1. The second kappa shape index (κ2) is 3.38. The van der Waals surface area contributed by atoms with E-state index in [1.807, 2.05) is 18.2 Å². The van der Waals surface area contributed by atoms with Crippen molar-refractivity contribution in [2.24, 2.45) is 0 Å². The summed E-state index contributed by atoms with van der Waals surface area (Å²) in [5, 5.41) is 1.62. The molecule has 2 heteroatoms. The first-order valence-corrected chi connectivity index (χ1v) is 4.27. The van der Waals surface area contributed by atoms with Crippen molar-refractivity contribution in [3.8, 4) is 0 Å². The van der Waals surface area contributed by atoms with Crippen LogP contribution in [0.5, 0.6) is 0 Å². The number of fused-ring (bicyclic) bond motifs is 1. The molecule has 0 bridgehead atoms. The molecule has 0 unspecified atom stereocenters. The lowest BCUT2D eigenvalue weighted by atomic mass is 10.1. The van der Waals surface area contributed by atoms with Crippen LogP contribution < -0.4 is 10.6 Å². The highest BCUT2D eigenvalue weighted by Crippen LogP contribution is 1.93. The first-order chi connectivity index (χ1) is 6.36. The van der Waals surface area contributed by atoms with Crippen LogP contribution in [0.2, 0.25) is 0 Å². The van der Waals surface area contributed by atoms with Gasteiger partial charge in [0.05, 0.1) is 5.35 Å². The summed E-state index contributed by atoms with van der Waals surface area (Å²) in [6.07, 6.45) is 6.50. The van der Waals surface area contributed by atoms with E-state index in [9.17, 15) is 4.79 Å². The van der Waals surface area contributed by atoms with Crippen LogP contribution in [0, 0.1) is 0 Å². The molecule has 0 amide bonds. The van der Waals surface area contributed by atoms with Gasteiger partial charge in [0.1, 0.15) is 0 Å². The van der Waals surface area contributed by atoms with E-state index in [1.165, 1.54) is 0 Å². The Morgan fingerprint density at radius 2 is 2.38 bits per heavy atom. The van der Waals surface area contributed by atoms with Crippen molar-refractivity contribution < 1.29 is 4.79 Å². The number of allylic oxidation sites excluding steroid dienone is 1. The Balaban J connectivity index is 2.82. The summed E-state index contributed by atoms with van der Waals surface area (Å²) < 4.78 is 0. The summed E-state index contributed by atoms with van der Waals surface area (Å²) >= 11 is 0. The van der Waals surface area contributed by atoms with Gasteiger partial charge in [0.25, 0.3) is 0 Å². The van der Waals surface area contributed by atoms with Crippen LogP contribution in [0.1, 0.15) is 12.8 Å². The molecule has 2 rings (SSSR count). The molecule has 64 valence electrons. The topological polar surface area (TPSA) is 30.0 Å². The molecule has 0 N–H and O–H groups in total. The zero-order valence-electron chi connectivity index (χ0n) is 7.16. The Morgan fingerprint density at radius 1 is 1.46 bits per heavy atom. The van der Waals surface area contributed by atoms with Crippen molar-refractivity contribution in [2.45, 2.75) is 12.8 Å². The molecule has 0 aliphatic heterocycles. The van der Waals surface area contributed by atoms with Crippen LogP contribution in [0.3, 0.4) is 0 Å². The second-order valence-electron chi connectivity index (χ2n) is 2.93. The highest BCUT2D eigenvalue weighted by atomic mass is 16.1. The maximum absolute atomic E-state index is 11.3. The van der Waals surface area contributed by atoms with Gasteiger partial charge in [-0.1, -0.05) is 0 Å². The lowest BCUT2D eigenvalue weighted by molar-refractivity contribution is -0.113. The summed E-state index contributed by atoms with van der Waals surface area (Å²) in [5.74, 6) is 0.137. The minimum atomic E-state index is 0.137. The molecule has 0 aromatic carbocycles. The van der Waals surface area contributed by atoms with Gasteiger partial charge in [-0.3, -0.25) is 9.78 Å². The van der Waals surface area contributed by atoms with Crippen molar-refractivity contribution in [2.75, 3.05) is 0 Å². The molecular weight excluding hydrogens is 162 g/mol. The van der Waals surface area contributed by atoms with Gasteiger partial charge in [0, 0.05) is 23.9 Å². The van der Waals surface area contributed by atoms with Crippen molar-refractivity contribution >= 4 is 17.6 Å². The smallest absolute Gasteiger partial charge is 0.158 e. The van der Waals surface area contributed by atoms with E-state index in [0.29, 0.717) is 6.42 Å². The number of carbonyl (C=O) groups excluding carboxylic acids is 1. The first kappa shape index (κ1) is 7.96. The van der Waals surface area contributed by atoms with Gasteiger partial charge in [0.15, 0.2) is 5.78 Å². The predicted molar refractivity (Wildman–Crippen MR) is 50.2 cm³/mol. The zero-order chi connectivity index (χ0) is 9.10. The number of rotatable bonds is 0. The molecule has 2 nitrogen and oxygen atoms in total. The molecular formula is C11H9NO. The number of Topliss-reactive ketones (excluding diaryl/α,β-unsaturated/α-hetero) is 1. The fourth-order valence-corrected chi connectivity index (χ4v) is 1.28. The molecule has 0 atom stereocenters. The van der Waals surface area contributed by atoms with Crippen LogP contribution >= 0.6 is 0 Å². The third-order valence-corrected chi connectivity index (χ3v) is 1.93. The lowest BCUT2D eigenvalue weighted by Crippen LogP contribution is -2.28. The van der Waals surface area contributed by atoms with E-state index in [4.69, 9.17) is 0 Å². The molecule has 0 saturated heterocycles. The number of hydrogen-bond acceptors (Lipinski definition) is 2.